The second-order valence-electron chi connectivity index (χ2n) is 4.52. The minimum atomic E-state index is -0.840. The van der Waals surface area contributed by atoms with Crippen LogP contribution in [0.1, 0.15) is 26.2 Å². The Kier molecular flexibility index (Phi) is 3.97. The Morgan fingerprint density at radius 1 is 1.47 bits per heavy atom. The van der Waals surface area contributed by atoms with Crippen molar-refractivity contribution in [2.24, 2.45) is 0 Å². The lowest BCUT2D eigenvalue weighted by atomic mass is 9.96. The molecule has 2 aliphatic rings. The van der Waals surface area contributed by atoms with Crippen LogP contribution < -0.4 is 0 Å². The molecule has 0 aromatic carbocycles. The van der Waals surface area contributed by atoms with Gasteiger partial charge in [0.05, 0.1) is 12.2 Å². The Morgan fingerprint density at radius 2 is 2.18 bits per heavy atom. The molecule has 94 valence electrons. The van der Waals surface area contributed by atoms with Crippen LogP contribution in [0.2, 0.25) is 0 Å². The number of carbonyl (C=O) groups is 1. The fourth-order valence-electron chi connectivity index (χ4n) is 2.19. The molecule has 1 fully saturated rings. The van der Waals surface area contributed by atoms with Crippen molar-refractivity contribution in [3.8, 4) is 0 Å². The minimum absolute atomic E-state index is 0.104. The van der Waals surface area contributed by atoms with Crippen molar-refractivity contribution in [1.82, 2.24) is 0 Å². The number of carboxylic acids is 1. The fraction of sp³-hybridized carbons (Fsp3) is 0.615. The van der Waals surface area contributed by atoms with Gasteiger partial charge in [-0.1, -0.05) is 12.2 Å². The van der Waals surface area contributed by atoms with E-state index in [4.69, 9.17) is 14.6 Å². The van der Waals surface area contributed by atoms with E-state index in [1.165, 1.54) is 0 Å². The molecule has 4 heteroatoms. The van der Waals surface area contributed by atoms with Gasteiger partial charge in [-0.05, 0) is 25.3 Å². The average molecular weight is 238 g/mol. The number of carboxylic acid groups (broad SMARTS) is 1. The van der Waals surface area contributed by atoms with Crippen molar-refractivity contribution in [3.05, 3.63) is 23.3 Å². The summed E-state index contributed by atoms with van der Waals surface area (Å²) in [6.45, 7) is 3.30. The first kappa shape index (κ1) is 12.3. The average Bonchev–Trinajstić information content (AvgIpc) is 2.32. The minimum Gasteiger partial charge on any atom is -0.478 e. The molecule has 0 aromatic heterocycles. The second kappa shape index (κ2) is 5.47. The van der Waals surface area contributed by atoms with E-state index in [0.717, 1.165) is 31.6 Å². The molecule has 1 heterocycles. The largest absolute Gasteiger partial charge is 0.478 e. The molecule has 1 atom stereocenters. The van der Waals surface area contributed by atoms with Gasteiger partial charge in [-0.15, -0.1) is 0 Å². The molecule has 17 heavy (non-hydrogen) atoms. The molecule has 1 N–H and O–H groups in total. The Balaban J connectivity index is 1.92. The summed E-state index contributed by atoms with van der Waals surface area (Å²) < 4.78 is 11.2. The SMILES string of the molecule is CC1=C(C(=O)O)CC(OC2CCOCC2)C=C1. The van der Waals surface area contributed by atoms with Gasteiger partial charge in [0, 0.05) is 25.2 Å². The molecule has 0 radical (unpaired) electrons. The highest BCUT2D eigenvalue weighted by atomic mass is 16.5. The highest BCUT2D eigenvalue weighted by molar-refractivity contribution is 5.88. The predicted molar refractivity (Wildman–Crippen MR) is 62.8 cm³/mol. The van der Waals surface area contributed by atoms with Gasteiger partial charge in [-0.3, -0.25) is 0 Å². The number of rotatable bonds is 3. The van der Waals surface area contributed by atoms with Crippen LogP contribution in [0.25, 0.3) is 0 Å². The van der Waals surface area contributed by atoms with Gasteiger partial charge in [0.25, 0.3) is 0 Å². The number of aliphatic carboxylic acids is 1. The summed E-state index contributed by atoms with van der Waals surface area (Å²) in [5.41, 5.74) is 1.29. The van der Waals surface area contributed by atoms with Crippen LogP contribution in [0.5, 0.6) is 0 Å². The summed E-state index contributed by atoms with van der Waals surface area (Å²) in [7, 11) is 0. The molecule has 4 nitrogen and oxygen atoms in total. The van der Waals surface area contributed by atoms with Gasteiger partial charge in [0.15, 0.2) is 0 Å². The van der Waals surface area contributed by atoms with Crippen LogP contribution in [0.4, 0.5) is 0 Å². The topological polar surface area (TPSA) is 55.8 Å². The molecule has 1 unspecified atom stereocenters. The van der Waals surface area contributed by atoms with Crippen molar-refractivity contribution in [3.63, 3.8) is 0 Å². The van der Waals surface area contributed by atoms with E-state index in [9.17, 15) is 4.79 Å². The Bertz CT molecular complexity index is 350. The zero-order valence-corrected chi connectivity index (χ0v) is 10.0. The third-order valence-corrected chi connectivity index (χ3v) is 3.24. The van der Waals surface area contributed by atoms with E-state index in [2.05, 4.69) is 0 Å². The van der Waals surface area contributed by atoms with Gasteiger partial charge >= 0.3 is 5.97 Å². The van der Waals surface area contributed by atoms with Crippen molar-refractivity contribution in [2.75, 3.05) is 13.2 Å². The summed E-state index contributed by atoms with van der Waals surface area (Å²) >= 11 is 0. The molecular formula is C13H18O4. The molecule has 0 saturated carbocycles. The van der Waals surface area contributed by atoms with Gasteiger partial charge < -0.3 is 14.6 Å². The van der Waals surface area contributed by atoms with Crippen LogP contribution in [0, 0.1) is 0 Å². The maximum absolute atomic E-state index is 11.0. The lowest BCUT2D eigenvalue weighted by Gasteiger charge is -2.28. The van der Waals surface area contributed by atoms with E-state index in [1.807, 2.05) is 19.1 Å². The molecule has 0 amide bonds. The van der Waals surface area contributed by atoms with Crippen LogP contribution in [0.15, 0.2) is 23.3 Å². The van der Waals surface area contributed by atoms with Gasteiger partial charge in [-0.2, -0.15) is 0 Å². The molecule has 1 saturated heterocycles. The summed E-state index contributed by atoms with van der Waals surface area (Å²) in [6.07, 6.45) is 6.16. The predicted octanol–water partition coefficient (Wildman–Crippen LogP) is 1.91. The van der Waals surface area contributed by atoms with Gasteiger partial charge in [0.2, 0.25) is 0 Å². The summed E-state index contributed by atoms with van der Waals surface area (Å²) in [5.74, 6) is -0.840. The van der Waals surface area contributed by atoms with Crippen molar-refractivity contribution in [2.45, 2.75) is 38.4 Å². The second-order valence-corrected chi connectivity index (χ2v) is 4.52. The van der Waals surface area contributed by atoms with E-state index < -0.39 is 5.97 Å². The highest BCUT2D eigenvalue weighted by Gasteiger charge is 2.23. The van der Waals surface area contributed by atoms with Crippen LogP contribution in [-0.4, -0.2) is 36.5 Å². The van der Waals surface area contributed by atoms with Crippen molar-refractivity contribution < 1.29 is 19.4 Å². The third-order valence-electron chi connectivity index (χ3n) is 3.24. The summed E-state index contributed by atoms with van der Waals surface area (Å²) in [6, 6.07) is 0. The van der Waals surface area contributed by atoms with Gasteiger partial charge in [-0.25, -0.2) is 4.79 Å². The molecule has 0 bridgehead atoms. The summed E-state index contributed by atoms with van der Waals surface area (Å²) in [4.78, 5) is 11.0. The summed E-state index contributed by atoms with van der Waals surface area (Å²) in [5, 5.41) is 9.06. The fourth-order valence-corrected chi connectivity index (χ4v) is 2.19. The Hall–Kier alpha value is -1.13. The normalized spacial score (nSPS) is 26.3. The molecule has 0 spiro atoms. The van der Waals surface area contributed by atoms with Crippen molar-refractivity contribution in [1.29, 1.82) is 0 Å². The number of hydrogen-bond donors (Lipinski definition) is 1. The first-order valence-corrected chi connectivity index (χ1v) is 6.01. The van der Waals surface area contributed by atoms with Gasteiger partial charge in [0.1, 0.15) is 0 Å². The number of ether oxygens (including phenoxy) is 2. The molecule has 0 aromatic rings. The Morgan fingerprint density at radius 3 is 2.82 bits per heavy atom. The highest BCUT2D eigenvalue weighted by Crippen LogP contribution is 2.24. The first-order chi connectivity index (χ1) is 8.16. The Labute approximate surface area is 101 Å². The molecular weight excluding hydrogens is 220 g/mol. The van der Waals surface area contributed by atoms with Crippen molar-refractivity contribution >= 4 is 5.97 Å². The van der Waals surface area contributed by atoms with E-state index in [1.54, 1.807) is 0 Å². The quantitative estimate of drug-likeness (QED) is 0.816. The monoisotopic (exact) mass is 238 g/mol. The zero-order valence-electron chi connectivity index (χ0n) is 10.0. The smallest absolute Gasteiger partial charge is 0.331 e. The van der Waals surface area contributed by atoms with Crippen LogP contribution in [0.3, 0.4) is 0 Å². The number of hydrogen-bond acceptors (Lipinski definition) is 3. The van der Waals surface area contributed by atoms with Crippen LogP contribution >= 0.6 is 0 Å². The zero-order chi connectivity index (χ0) is 12.3. The lowest BCUT2D eigenvalue weighted by molar-refractivity contribution is -0.133. The van der Waals surface area contributed by atoms with E-state index in [0.29, 0.717) is 12.0 Å². The maximum atomic E-state index is 11.0. The molecule has 1 aliphatic heterocycles. The molecule has 2 rings (SSSR count). The van der Waals surface area contributed by atoms with E-state index in [-0.39, 0.29) is 12.2 Å². The standard InChI is InChI=1S/C13H18O4/c1-9-2-3-11(8-12(9)13(14)15)17-10-4-6-16-7-5-10/h2-3,10-11H,4-8H2,1H3,(H,14,15). The van der Waals surface area contributed by atoms with Crippen LogP contribution in [-0.2, 0) is 14.3 Å². The molecule has 1 aliphatic carbocycles. The van der Waals surface area contributed by atoms with E-state index >= 15 is 0 Å². The lowest BCUT2D eigenvalue weighted by Crippen LogP contribution is -2.29. The maximum Gasteiger partial charge on any atom is 0.331 e. The third kappa shape index (κ3) is 3.17. The number of allylic oxidation sites excluding steroid dienone is 2. The first-order valence-electron chi connectivity index (χ1n) is 6.01.